The van der Waals surface area contributed by atoms with Crippen molar-refractivity contribution in [2.45, 2.75) is 31.7 Å². The molecule has 0 aromatic heterocycles. The second kappa shape index (κ2) is 3.69. The van der Waals surface area contributed by atoms with E-state index in [1.807, 2.05) is 0 Å². The van der Waals surface area contributed by atoms with Gasteiger partial charge < -0.3 is 5.32 Å². The van der Waals surface area contributed by atoms with Crippen LogP contribution in [0.4, 0.5) is 14.5 Å². The van der Waals surface area contributed by atoms with Crippen LogP contribution in [0.15, 0.2) is 10.5 Å². The molecule has 1 saturated carbocycles. The number of rotatable bonds is 1. The summed E-state index contributed by atoms with van der Waals surface area (Å²) >= 11 is 3.29. The van der Waals surface area contributed by atoms with Crippen molar-refractivity contribution in [2.24, 2.45) is 5.92 Å². The van der Waals surface area contributed by atoms with Crippen LogP contribution < -0.4 is 5.32 Å². The van der Waals surface area contributed by atoms with Crippen molar-refractivity contribution in [3.63, 3.8) is 0 Å². The van der Waals surface area contributed by atoms with Gasteiger partial charge in [0.25, 0.3) is 0 Å². The summed E-state index contributed by atoms with van der Waals surface area (Å²) in [5.41, 5.74) is 1.24. The van der Waals surface area contributed by atoms with Crippen molar-refractivity contribution >= 4 is 21.6 Å². The smallest absolute Gasteiger partial charge is 0.164 e. The molecular formula is C12H12BrF2N. The monoisotopic (exact) mass is 287 g/mol. The van der Waals surface area contributed by atoms with Gasteiger partial charge in [-0.2, -0.15) is 0 Å². The largest absolute Gasteiger partial charge is 0.381 e. The molecule has 4 heteroatoms. The molecule has 0 spiro atoms. The van der Waals surface area contributed by atoms with E-state index in [1.54, 1.807) is 0 Å². The Morgan fingerprint density at radius 1 is 1.25 bits per heavy atom. The van der Waals surface area contributed by atoms with Crippen molar-refractivity contribution in [1.29, 1.82) is 0 Å². The van der Waals surface area contributed by atoms with Crippen LogP contribution in [0.25, 0.3) is 0 Å². The first-order valence-corrected chi connectivity index (χ1v) is 6.39. The van der Waals surface area contributed by atoms with Gasteiger partial charge in [0.1, 0.15) is 0 Å². The van der Waals surface area contributed by atoms with Crippen LogP contribution in [-0.2, 0) is 6.42 Å². The standard InChI is InChI=1S/C12H12BrF2N/c13-8-5-9(14)11(15)7-3-4-10(6-1-2-6)16-12(7)8/h5-6,10,16H,1-4H2. The summed E-state index contributed by atoms with van der Waals surface area (Å²) in [7, 11) is 0. The van der Waals surface area contributed by atoms with Crippen molar-refractivity contribution in [1.82, 2.24) is 0 Å². The molecule has 0 bridgehead atoms. The Hall–Kier alpha value is -0.640. The minimum atomic E-state index is -0.766. The van der Waals surface area contributed by atoms with Crippen LogP contribution in [0.2, 0.25) is 0 Å². The molecule has 3 rings (SSSR count). The lowest BCUT2D eigenvalue weighted by atomic mass is 9.95. The maximum Gasteiger partial charge on any atom is 0.164 e. The van der Waals surface area contributed by atoms with Crippen LogP contribution in [-0.4, -0.2) is 6.04 Å². The predicted octanol–water partition coefficient (Wildman–Crippen LogP) is 3.86. The first kappa shape index (κ1) is 10.5. The molecule has 1 aromatic carbocycles. The van der Waals surface area contributed by atoms with Gasteiger partial charge in [0.15, 0.2) is 11.6 Å². The third-order valence-corrected chi connectivity index (χ3v) is 4.12. The quantitative estimate of drug-likeness (QED) is 0.774. The van der Waals surface area contributed by atoms with Gasteiger partial charge in [-0.05, 0) is 53.6 Å². The fourth-order valence-electron chi connectivity index (χ4n) is 2.45. The Morgan fingerprint density at radius 2 is 2.00 bits per heavy atom. The van der Waals surface area contributed by atoms with E-state index in [-0.39, 0.29) is 0 Å². The summed E-state index contributed by atoms with van der Waals surface area (Å²) in [6, 6.07) is 1.64. The highest BCUT2D eigenvalue weighted by Crippen LogP contribution is 2.42. The third-order valence-electron chi connectivity index (χ3n) is 3.49. The number of anilines is 1. The van der Waals surface area contributed by atoms with E-state index in [0.717, 1.165) is 18.0 Å². The summed E-state index contributed by atoms with van der Waals surface area (Å²) in [5, 5.41) is 3.34. The number of fused-ring (bicyclic) bond motifs is 1. The molecule has 2 aliphatic rings. The number of benzene rings is 1. The molecule has 86 valence electrons. The van der Waals surface area contributed by atoms with Gasteiger partial charge in [0, 0.05) is 16.1 Å². The lowest BCUT2D eigenvalue weighted by Crippen LogP contribution is -2.28. The van der Waals surface area contributed by atoms with E-state index >= 15 is 0 Å². The van der Waals surface area contributed by atoms with Gasteiger partial charge in [0.2, 0.25) is 0 Å². The molecular weight excluding hydrogens is 276 g/mol. The van der Waals surface area contributed by atoms with E-state index in [9.17, 15) is 8.78 Å². The van der Waals surface area contributed by atoms with E-state index in [0.29, 0.717) is 22.5 Å². The molecule has 0 saturated heterocycles. The Kier molecular flexibility index (Phi) is 2.42. The molecule has 1 N–H and O–H groups in total. The van der Waals surface area contributed by atoms with Crippen LogP contribution in [0.3, 0.4) is 0 Å². The topological polar surface area (TPSA) is 12.0 Å². The van der Waals surface area contributed by atoms with Gasteiger partial charge in [-0.1, -0.05) is 0 Å². The Bertz CT molecular complexity index is 443. The highest BCUT2D eigenvalue weighted by atomic mass is 79.9. The molecule has 1 aromatic rings. The molecule has 1 heterocycles. The summed E-state index contributed by atoms with van der Waals surface area (Å²) in [6.07, 6.45) is 4.05. The number of nitrogens with one attached hydrogen (secondary N) is 1. The lowest BCUT2D eigenvalue weighted by Gasteiger charge is -2.28. The average molecular weight is 288 g/mol. The molecule has 0 amide bonds. The summed E-state index contributed by atoms with van der Waals surface area (Å²) in [5.74, 6) is -0.731. The highest BCUT2D eigenvalue weighted by molar-refractivity contribution is 9.10. The van der Waals surface area contributed by atoms with E-state index in [4.69, 9.17) is 0 Å². The normalized spacial score (nSPS) is 23.8. The van der Waals surface area contributed by atoms with Crippen LogP contribution in [0.1, 0.15) is 24.8 Å². The van der Waals surface area contributed by atoms with Crippen molar-refractivity contribution in [3.8, 4) is 0 Å². The Labute approximate surface area is 101 Å². The number of hydrogen-bond acceptors (Lipinski definition) is 1. The Morgan fingerprint density at radius 3 is 2.69 bits per heavy atom. The maximum atomic E-state index is 13.6. The summed E-state index contributed by atoms with van der Waals surface area (Å²) in [4.78, 5) is 0. The molecule has 1 unspecified atom stereocenters. The zero-order valence-corrected chi connectivity index (χ0v) is 10.3. The van der Waals surface area contributed by atoms with Gasteiger partial charge >= 0.3 is 0 Å². The van der Waals surface area contributed by atoms with Gasteiger partial charge in [-0.3, -0.25) is 0 Å². The summed E-state index contributed by atoms with van der Waals surface area (Å²) < 4.78 is 27.4. The molecule has 1 nitrogen and oxygen atoms in total. The second-order valence-corrected chi connectivity index (χ2v) is 5.49. The van der Waals surface area contributed by atoms with Crippen LogP contribution in [0.5, 0.6) is 0 Å². The SMILES string of the molecule is Fc1cc(Br)c2c(c1F)CCC(C1CC1)N2. The minimum Gasteiger partial charge on any atom is -0.381 e. The summed E-state index contributed by atoms with van der Waals surface area (Å²) in [6.45, 7) is 0. The van der Waals surface area contributed by atoms with E-state index in [2.05, 4.69) is 21.2 Å². The lowest BCUT2D eigenvalue weighted by molar-refractivity contribution is 0.483. The molecule has 16 heavy (non-hydrogen) atoms. The minimum absolute atomic E-state index is 0.439. The predicted molar refractivity (Wildman–Crippen MR) is 62.5 cm³/mol. The average Bonchev–Trinajstić information content (AvgIpc) is 3.09. The Balaban J connectivity index is 2.00. The van der Waals surface area contributed by atoms with Gasteiger partial charge in [0.05, 0.1) is 5.69 Å². The number of halogens is 3. The molecule has 1 atom stereocenters. The fourth-order valence-corrected chi connectivity index (χ4v) is 3.00. The first-order valence-electron chi connectivity index (χ1n) is 5.59. The van der Waals surface area contributed by atoms with Gasteiger partial charge in [-0.25, -0.2) is 8.78 Å². The molecule has 1 fully saturated rings. The van der Waals surface area contributed by atoms with Crippen LogP contribution in [0, 0.1) is 17.6 Å². The number of hydrogen-bond donors (Lipinski definition) is 1. The van der Waals surface area contributed by atoms with Crippen molar-refractivity contribution < 1.29 is 8.78 Å². The van der Waals surface area contributed by atoms with Crippen LogP contribution >= 0.6 is 15.9 Å². The second-order valence-electron chi connectivity index (χ2n) is 4.63. The zero-order chi connectivity index (χ0) is 11.3. The first-order chi connectivity index (χ1) is 7.66. The third kappa shape index (κ3) is 1.63. The molecule has 1 aliphatic carbocycles. The van der Waals surface area contributed by atoms with Crippen molar-refractivity contribution in [3.05, 3.63) is 27.7 Å². The zero-order valence-electron chi connectivity index (χ0n) is 8.69. The van der Waals surface area contributed by atoms with E-state index in [1.165, 1.54) is 18.9 Å². The fraction of sp³-hybridized carbons (Fsp3) is 0.500. The molecule has 1 aliphatic heterocycles. The van der Waals surface area contributed by atoms with Crippen molar-refractivity contribution in [2.75, 3.05) is 5.32 Å². The molecule has 0 radical (unpaired) electrons. The van der Waals surface area contributed by atoms with Gasteiger partial charge in [-0.15, -0.1) is 0 Å². The highest BCUT2D eigenvalue weighted by Gasteiger charge is 2.35. The van der Waals surface area contributed by atoms with E-state index < -0.39 is 11.6 Å². The maximum absolute atomic E-state index is 13.6.